The normalized spacial score (nSPS) is 10.2. The lowest BCUT2D eigenvalue weighted by atomic mass is 10.1. The topological polar surface area (TPSA) is 52.7 Å². The van der Waals surface area contributed by atoms with Crippen LogP contribution >= 0.6 is 0 Å². The van der Waals surface area contributed by atoms with E-state index >= 15 is 0 Å². The van der Waals surface area contributed by atoms with Crippen LogP contribution in [0.15, 0.2) is 48.5 Å². The van der Waals surface area contributed by atoms with Crippen molar-refractivity contribution in [3.8, 4) is 0 Å². The second kappa shape index (κ2) is 8.33. The Balaban J connectivity index is 1.88. The molecular formula is C20H25N3O2. The molecule has 0 atom stereocenters. The highest BCUT2D eigenvalue weighted by molar-refractivity contribution is 5.97. The van der Waals surface area contributed by atoms with Gasteiger partial charge in [0.05, 0.1) is 6.54 Å². The molecule has 25 heavy (non-hydrogen) atoms. The van der Waals surface area contributed by atoms with Gasteiger partial charge in [-0.25, -0.2) is 0 Å². The Hall–Kier alpha value is -2.82. The first kappa shape index (κ1) is 18.5. The smallest absolute Gasteiger partial charge is 0.251 e. The van der Waals surface area contributed by atoms with Gasteiger partial charge in [0, 0.05) is 38.9 Å². The predicted octanol–water partition coefficient (Wildman–Crippen LogP) is 2.45. The third-order valence-corrected chi connectivity index (χ3v) is 4.09. The summed E-state index contributed by atoms with van der Waals surface area (Å²) < 4.78 is 0. The molecule has 0 saturated carbocycles. The van der Waals surface area contributed by atoms with Crippen molar-refractivity contribution in [2.75, 3.05) is 32.6 Å². The third-order valence-electron chi connectivity index (χ3n) is 4.09. The fourth-order valence-electron chi connectivity index (χ4n) is 2.48. The minimum absolute atomic E-state index is 0.0144. The molecule has 0 saturated heterocycles. The highest BCUT2D eigenvalue weighted by atomic mass is 16.2. The van der Waals surface area contributed by atoms with Gasteiger partial charge >= 0.3 is 0 Å². The number of rotatable bonds is 6. The molecule has 0 aliphatic heterocycles. The molecule has 5 heteroatoms. The largest absolute Gasteiger partial charge is 0.378 e. The number of aryl methyl sites for hydroxylation is 1. The molecule has 0 radical (unpaired) electrons. The fourth-order valence-corrected chi connectivity index (χ4v) is 2.48. The van der Waals surface area contributed by atoms with E-state index in [1.165, 1.54) is 0 Å². The lowest BCUT2D eigenvalue weighted by molar-refractivity contribution is -0.129. The number of carbonyl (C=O) groups is 2. The van der Waals surface area contributed by atoms with Gasteiger partial charge in [-0.1, -0.05) is 30.3 Å². The summed E-state index contributed by atoms with van der Waals surface area (Å²) in [4.78, 5) is 28.1. The second-order valence-corrected chi connectivity index (χ2v) is 6.31. The SMILES string of the molecule is Cc1ccccc1C(=O)NCC(=O)N(C)Cc1ccc(N(C)C)cc1. The molecule has 0 aromatic heterocycles. The number of amides is 2. The van der Waals surface area contributed by atoms with Gasteiger partial charge in [0.1, 0.15) is 0 Å². The van der Waals surface area contributed by atoms with Crippen LogP contribution in [0.1, 0.15) is 21.5 Å². The maximum atomic E-state index is 12.2. The highest BCUT2D eigenvalue weighted by Crippen LogP contribution is 2.13. The van der Waals surface area contributed by atoms with E-state index in [2.05, 4.69) is 5.32 Å². The summed E-state index contributed by atoms with van der Waals surface area (Å²) in [5.41, 5.74) is 3.65. The molecule has 0 heterocycles. The molecule has 2 aromatic rings. The van der Waals surface area contributed by atoms with Crippen molar-refractivity contribution in [3.05, 3.63) is 65.2 Å². The summed E-state index contributed by atoms with van der Waals surface area (Å²) in [6.07, 6.45) is 0. The quantitative estimate of drug-likeness (QED) is 0.879. The minimum Gasteiger partial charge on any atom is -0.378 e. The molecule has 2 rings (SSSR count). The van der Waals surface area contributed by atoms with Crippen molar-refractivity contribution in [1.82, 2.24) is 10.2 Å². The van der Waals surface area contributed by atoms with Crippen molar-refractivity contribution in [2.45, 2.75) is 13.5 Å². The zero-order chi connectivity index (χ0) is 18.4. The predicted molar refractivity (Wildman–Crippen MR) is 101 cm³/mol. The van der Waals surface area contributed by atoms with Gasteiger partial charge in [-0.2, -0.15) is 0 Å². The number of nitrogens with one attached hydrogen (secondary N) is 1. The van der Waals surface area contributed by atoms with E-state index in [0.29, 0.717) is 12.1 Å². The average Bonchev–Trinajstić information content (AvgIpc) is 2.60. The molecule has 1 N–H and O–H groups in total. The lowest BCUT2D eigenvalue weighted by Gasteiger charge is -2.19. The van der Waals surface area contributed by atoms with Crippen LogP contribution in [0.5, 0.6) is 0 Å². The van der Waals surface area contributed by atoms with Crippen LogP contribution in [-0.2, 0) is 11.3 Å². The van der Waals surface area contributed by atoms with Crippen molar-refractivity contribution < 1.29 is 9.59 Å². The molecule has 2 aromatic carbocycles. The summed E-state index contributed by atoms with van der Waals surface area (Å²) in [7, 11) is 5.71. The summed E-state index contributed by atoms with van der Waals surface area (Å²) in [5.74, 6) is -0.353. The van der Waals surface area contributed by atoms with E-state index in [0.717, 1.165) is 16.8 Å². The standard InChI is InChI=1S/C20H25N3O2/c1-15-7-5-6-8-18(15)20(25)21-13-19(24)23(4)14-16-9-11-17(12-10-16)22(2)3/h5-12H,13-14H2,1-4H3,(H,21,25). The number of nitrogens with zero attached hydrogens (tertiary/aromatic N) is 2. The Bertz CT molecular complexity index is 739. The van der Waals surface area contributed by atoms with Crippen LogP contribution in [-0.4, -0.2) is 44.4 Å². The lowest BCUT2D eigenvalue weighted by Crippen LogP contribution is -2.38. The minimum atomic E-state index is -0.227. The van der Waals surface area contributed by atoms with Crippen LogP contribution < -0.4 is 10.2 Å². The molecule has 132 valence electrons. The summed E-state index contributed by atoms with van der Waals surface area (Å²) in [5, 5.41) is 2.69. The molecule has 5 nitrogen and oxygen atoms in total. The molecular weight excluding hydrogens is 314 g/mol. The number of hydrogen-bond donors (Lipinski definition) is 1. The van der Waals surface area contributed by atoms with Gasteiger partial charge in [0.25, 0.3) is 5.91 Å². The first-order valence-corrected chi connectivity index (χ1v) is 8.22. The third kappa shape index (κ3) is 5.08. The Kier molecular flexibility index (Phi) is 6.17. The molecule has 0 spiro atoms. The van der Waals surface area contributed by atoms with Crippen LogP contribution in [0.4, 0.5) is 5.69 Å². The van der Waals surface area contributed by atoms with Crippen LogP contribution in [0.2, 0.25) is 0 Å². The summed E-state index contributed by atoms with van der Waals surface area (Å²) >= 11 is 0. The van der Waals surface area contributed by atoms with E-state index in [9.17, 15) is 9.59 Å². The fraction of sp³-hybridized carbons (Fsp3) is 0.300. The first-order valence-electron chi connectivity index (χ1n) is 8.22. The van der Waals surface area contributed by atoms with E-state index in [1.54, 1.807) is 18.0 Å². The Morgan fingerprint density at radius 2 is 1.60 bits per heavy atom. The number of likely N-dealkylation sites (N-methyl/N-ethyl adjacent to an activating group) is 1. The van der Waals surface area contributed by atoms with Gasteiger partial charge in [-0.3, -0.25) is 9.59 Å². The van der Waals surface area contributed by atoms with Gasteiger partial charge in [0.15, 0.2) is 0 Å². The van der Waals surface area contributed by atoms with Crippen LogP contribution in [0, 0.1) is 6.92 Å². The maximum absolute atomic E-state index is 12.2. The van der Waals surface area contributed by atoms with Gasteiger partial charge in [0.2, 0.25) is 5.91 Å². The Labute approximate surface area is 149 Å². The molecule has 0 unspecified atom stereocenters. The van der Waals surface area contributed by atoms with E-state index in [1.807, 2.05) is 68.4 Å². The molecule has 0 fully saturated rings. The average molecular weight is 339 g/mol. The number of carbonyl (C=O) groups excluding carboxylic acids is 2. The van der Waals surface area contributed by atoms with Gasteiger partial charge < -0.3 is 15.1 Å². The van der Waals surface area contributed by atoms with Gasteiger partial charge in [-0.15, -0.1) is 0 Å². The van der Waals surface area contributed by atoms with E-state index in [4.69, 9.17) is 0 Å². The van der Waals surface area contributed by atoms with Crippen LogP contribution in [0.25, 0.3) is 0 Å². The van der Waals surface area contributed by atoms with Crippen molar-refractivity contribution >= 4 is 17.5 Å². The van der Waals surface area contributed by atoms with Crippen molar-refractivity contribution in [1.29, 1.82) is 0 Å². The number of benzene rings is 2. The number of hydrogen-bond acceptors (Lipinski definition) is 3. The summed E-state index contributed by atoms with van der Waals surface area (Å²) in [6, 6.07) is 15.4. The second-order valence-electron chi connectivity index (χ2n) is 6.31. The monoisotopic (exact) mass is 339 g/mol. The summed E-state index contributed by atoms with van der Waals surface area (Å²) in [6.45, 7) is 2.37. The zero-order valence-electron chi connectivity index (χ0n) is 15.2. The number of anilines is 1. The van der Waals surface area contributed by atoms with Crippen molar-refractivity contribution in [2.24, 2.45) is 0 Å². The zero-order valence-corrected chi connectivity index (χ0v) is 15.2. The Morgan fingerprint density at radius 3 is 2.20 bits per heavy atom. The van der Waals surface area contributed by atoms with E-state index in [-0.39, 0.29) is 18.4 Å². The highest BCUT2D eigenvalue weighted by Gasteiger charge is 2.13. The van der Waals surface area contributed by atoms with Crippen molar-refractivity contribution in [3.63, 3.8) is 0 Å². The Morgan fingerprint density at radius 1 is 0.960 bits per heavy atom. The van der Waals surface area contributed by atoms with Gasteiger partial charge in [-0.05, 0) is 36.2 Å². The first-order chi connectivity index (χ1) is 11.9. The molecule has 0 aliphatic carbocycles. The molecule has 0 bridgehead atoms. The maximum Gasteiger partial charge on any atom is 0.251 e. The molecule has 0 aliphatic rings. The van der Waals surface area contributed by atoms with E-state index < -0.39 is 0 Å². The molecule has 2 amide bonds. The van der Waals surface area contributed by atoms with Crippen LogP contribution in [0.3, 0.4) is 0 Å².